The molecule has 0 aliphatic heterocycles. The van der Waals surface area contributed by atoms with Crippen molar-refractivity contribution in [2.75, 3.05) is 0 Å². The van der Waals surface area contributed by atoms with Gasteiger partial charge >= 0.3 is 0 Å². The van der Waals surface area contributed by atoms with E-state index >= 15 is 0 Å². The van der Waals surface area contributed by atoms with Gasteiger partial charge in [-0.3, -0.25) is 0 Å². The van der Waals surface area contributed by atoms with Crippen LogP contribution in [-0.2, 0) is 9.84 Å². The molecular weight excluding hydrogens is 344 g/mol. The quantitative estimate of drug-likeness (QED) is 0.708. The minimum Gasteiger partial charge on any atom is -0.508 e. The van der Waals surface area contributed by atoms with Crippen molar-refractivity contribution in [2.45, 2.75) is 17.1 Å². The summed E-state index contributed by atoms with van der Waals surface area (Å²) in [4.78, 5) is 0.179. The van der Waals surface area contributed by atoms with Gasteiger partial charge in [0.15, 0.2) is 15.1 Å². The lowest BCUT2D eigenvalue weighted by Gasteiger charge is -2.14. The van der Waals surface area contributed by atoms with Gasteiger partial charge in [0.2, 0.25) is 0 Å². The van der Waals surface area contributed by atoms with Gasteiger partial charge in [0.1, 0.15) is 5.75 Å². The van der Waals surface area contributed by atoms with Crippen molar-refractivity contribution in [3.05, 3.63) is 95.6 Å². The van der Waals surface area contributed by atoms with Crippen LogP contribution in [0.15, 0.2) is 83.8 Å². The van der Waals surface area contributed by atoms with Crippen LogP contribution in [0.1, 0.15) is 21.9 Å². The Bertz CT molecular complexity index is 1060. The Kier molecular flexibility index (Phi) is 5.11. The summed E-state index contributed by atoms with van der Waals surface area (Å²) in [6.45, 7) is 1.89. The number of rotatable bonds is 3. The highest BCUT2D eigenvalue weighted by Gasteiger charge is 2.29. The molecule has 0 aliphatic carbocycles. The van der Waals surface area contributed by atoms with Gasteiger partial charge in [-0.2, -0.15) is 0 Å². The summed E-state index contributed by atoms with van der Waals surface area (Å²) < 4.78 is 26.4. The molecule has 3 nitrogen and oxygen atoms in total. The lowest BCUT2D eigenvalue weighted by Crippen LogP contribution is -2.12. The maximum Gasteiger partial charge on any atom is 0.196 e. The van der Waals surface area contributed by atoms with Crippen molar-refractivity contribution in [1.82, 2.24) is 0 Å². The predicted molar refractivity (Wildman–Crippen MR) is 103 cm³/mol. The second-order valence-electron chi connectivity index (χ2n) is 5.93. The molecule has 26 heavy (non-hydrogen) atoms. The lowest BCUT2D eigenvalue weighted by molar-refractivity contribution is 0.468. The Balaban J connectivity index is 2.13. The molecule has 3 rings (SSSR count). The number of hydrogen-bond acceptors (Lipinski definition) is 3. The summed E-state index contributed by atoms with van der Waals surface area (Å²) in [5, 5.41) is 9.04. The Morgan fingerprint density at radius 1 is 0.846 bits per heavy atom. The van der Waals surface area contributed by atoms with Crippen molar-refractivity contribution in [2.24, 2.45) is 0 Å². The zero-order chi connectivity index (χ0) is 18.6. The van der Waals surface area contributed by atoms with Crippen LogP contribution in [0.25, 0.3) is 0 Å². The summed E-state index contributed by atoms with van der Waals surface area (Å²) in [5.41, 5.74) is 1.96. The average Bonchev–Trinajstić information content (AvgIpc) is 2.64. The van der Waals surface area contributed by atoms with Crippen LogP contribution in [0.3, 0.4) is 0 Å². The fourth-order valence-corrected chi connectivity index (χ4v) is 4.10. The van der Waals surface area contributed by atoms with E-state index in [-0.39, 0.29) is 16.2 Å². The topological polar surface area (TPSA) is 54.4 Å². The van der Waals surface area contributed by atoms with Gasteiger partial charge in [-0.15, -0.1) is 0 Å². The molecule has 3 aromatic rings. The molecule has 4 heteroatoms. The van der Waals surface area contributed by atoms with Gasteiger partial charge < -0.3 is 5.11 Å². The van der Waals surface area contributed by atoms with Crippen LogP contribution in [0.2, 0.25) is 0 Å². The normalized spacial score (nSPS) is 12.0. The van der Waals surface area contributed by atoms with Gasteiger partial charge in [-0.25, -0.2) is 8.42 Å². The highest BCUT2D eigenvalue weighted by atomic mass is 32.2. The van der Waals surface area contributed by atoms with Crippen LogP contribution in [0.4, 0.5) is 0 Å². The van der Waals surface area contributed by atoms with Crippen molar-refractivity contribution in [3.8, 4) is 17.6 Å². The fourth-order valence-electron chi connectivity index (χ4n) is 2.57. The average molecular weight is 362 g/mol. The smallest absolute Gasteiger partial charge is 0.196 e. The SMILES string of the molecule is Cc1ccc(S(=O)(=O)C(C#Cc2ccccc2)c2ccccc2O)cc1. The maximum absolute atomic E-state index is 13.2. The first-order chi connectivity index (χ1) is 12.5. The van der Waals surface area contributed by atoms with Crippen molar-refractivity contribution in [3.63, 3.8) is 0 Å². The van der Waals surface area contributed by atoms with E-state index in [0.717, 1.165) is 5.56 Å². The van der Waals surface area contributed by atoms with Gasteiger partial charge in [0.05, 0.1) is 4.90 Å². The van der Waals surface area contributed by atoms with Crippen molar-refractivity contribution in [1.29, 1.82) is 0 Å². The van der Waals surface area contributed by atoms with Crippen LogP contribution < -0.4 is 0 Å². The third kappa shape index (κ3) is 3.79. The molecule has 0 fully saturated rings. The van der Waals surface area contributed by atoms with Gasteiger partial charge in [-0.05, 0) is 37.3 Å². The second kappa shape index (κ2) is 7.47. The molecule has 0 saturated carbocycles. The highest BCUT2D eigenvalue weighted by molar-refractivity contribution is 7.92. The third-order valence-corrected chi connectivity index (χ3v) is 5.92. The first-order valence-corrected chi connectivity index (χ1v) is 9.68. The summed E-state index contributed by atoms with van der Waals surface area (Å²) in [6, 6.07) is 22.2. The number of aryl methyl sites for hydroxylation is 1. The number of phenols is 1. The Hall–Kier alpha value is -3.03. The minimum atomic E-state index is -3.80. The van der Waals surface area contributed by atoms with E-state index in [1.807, 2.05) is 37.3 Å². The van der Waals surface area contributed by atoms with Crippen molar-refractivity contribution < 1.29 is 13.5 Å². The maximum atomic E-state index is 13.2. The molecule has 0 radical (unpaired) electrons. The summed E-state index contributed by atoms with van der Waals surface area (Å²) in [6.07, 6.45) is 0. The molecule has 1 unspecified atom stereocenters. The molecule has 130 valence electrons. The zero-order valence-electron chi connectivity index (χ0n) is 14.3. The molecule has 0 amide bonds. The lowest BCUT2D eigenvalue weighted by atomic mass is 10.1. The van der Waals surface area contributed by atoms with E-state index in [4.69, 9.17) is 0 Å². The van der Waals surface area contributed by atoms with Gasteiger partial charge in [-0.1, -0.05) is 65.9 Å². The second-order valence-corrected chi connectivity index (χ2v) is 7.97. The van der Waals surface area contributed by atoms with E-state index in [1.54, 1.807) is 42.5 Å². The number of hydrogen-bond donors (Lipinski definition) is 1. The number of benzene rings is 3. The number of para-hydroxylation sites is 1. The highest BCUT2D eigenvalue weighted by Crippen LogP contribution is 2.33. The van der Waals surface area contributed by atoms with E-state index in [1.165, 1.54) is 6.07 Å². The third-order valence-electron chi connectivity index (χ3n) is 4.00. The molecule has 1 atom stereocenters. The molecule has 0 aliphatic rings. The molecule has 3 aromatic carbocycles. The van der Waals surface area contributed by atoms with E-state index in [2.05, 4.69) is 11.8 Å². The Morgan fingerprint density at radius 2 is 1.46 bits per heavy atom. The minimum absolute atomic E-state index is 0.0875. The zero-order valence-corrected chi connectivity index (χ0v) is 15.1. The molecule has 0 heterocycles. The Labute approximate surface area is 153 Å². The number of sulfone groups is 1. The molecular formula is C22H18O3S. The van der Waals surface area contributed by atoms with Crippen LogP contribution in [0.5, 0.6) is 5.75 Å². The molecule has 0 spiro atoms. The first-order valence-electron chi connectivity index (χ1n) is 8.13. The monoisotopic (exact) mass is 362 g/mol. The summed E-state index contributed by atoms with van der Waals surface area (Å²) in [5.74, 6) is 5.68. The van der Waals surface area contributed by atoms with Gasteiger partial charge in [0.25, 0.3) is 0 Å². The van der Waals surface area contributed by atoms with Crippen molar-refractivity contribution >= 4 is 9.84 Å². The Morgan fingerprint density at radius 3 is 2.12 bits per heavy atom. The molecule has 0 bridgehead atoms. The largest absolute Gasteiger partial charge is 0.508 e. The first kappa shape index (κ1) is 17.8. The standard InChI is InChI=1S/C22H18O3S/c1-17-11-14-19(15-12-17)26(24,25)22(20-9-5-6-10-21(20)23)16-13-18-7-3-2-4-8-18/h2-12,14-15,22-23H,1H3. The van der Waals surface area contributed by atoms with E-state index < -0.39 is 15.1 Å². The number of phenolic OH excluding ortho intramolecular Hbond substituents is 1. The number of aromatic hydroxyl groups is 1. The van der Waals surface area contributed by atoms with E-state index in [0.29, 0.717) is 5.56 Å². The summed E-state index contributed by atoms with van der Waals surface area (Å²) >= 11 is 0. The molecule has 1 N–H and O–H groups in total. The summed E-state index contributed by atoms with van der Waals surface area (Å²) in [7, 11) is -3.80. The van der Waals surface area contributed by atoms with Crippen LogP contribution >= 0.6 is 0 Å². The molecule has 0 aromatic heterocycles. The van der Waals surface area contributed by atoms with Gasteiger partial charge in [0, 0.05) is 11.1 Å². The molecule has 0 saturated heterocycles. The predicted octanol–water partition coefficient (Wildman–Crippen LogP) is 4.27. The van der Waals surface area contributed by atoms with Crippen LogP contribution in [0, 0.1) is 18.8 Å². The van der Waals surface area contributed by atoms with Crippen LogP contribution in [-0.4, -0.2) is 13.5 Å². The van der Waals surface area contributed by atoms with E-state index in [9.17, 15) is 13.5 Å². The fraction of sp³-hybridized carbons (Fsp3) is 0.0909.